The first-order valence-corrected chi connectivity index (χ1v) is 4.67. The molecule has 1 aliphatic heterocycles. The molecule has 3 nitrogen and oxygen atoms in total. The standard InChI is InChI=1S/C6H8BrClN3/c1-11(4-2-3-4)9-5(7)6(8)10-11/h4H,2-3H2,1H3/q+1. The van der Waals surface area contributed by atoms with Gasteiger partial charge < -0.3 is 0 Å². The first-order valence-electron chi connectivity index (χ1n) is 3.50. The number of quaternary nitrogens is 1. The van der Waals surface area contributed by atoms with Crippen molar-refractivity contribution >= 4 is 37.3 Å². The van der Waals surface area contributed by atoms with Gasteiger partial charge in [-0.2, -0.15) is 0 Å². The maximum atomic E-state index is 5.78. The lowest BCUT2D eigenvalue weighted by Crippen LogP contribution is -2.32. The summed E-state index contributed by atoms with van der Waals surface area (Å²) in [6.07, 6.45) is 2.40. The molecule has 0 amide bonds. The molecule has 0 aromatic carbocycles. The SMILES string of the molecule is C[N+]1(C2CC2)N=C(Cl)C(Br)=N1. The topological polar surface area (TPSA) is 24.7 Å². The van der Waals surface area contributed by atoms with Crippen molar-refractivity contribution in [1.82, 2.24) is 0 Å². The van der Waals surface area contributed by atoms with E-state index in [2.05, 4.69) is 26.1 Å². The van der Waals surface area contributed by atoms with Gasteiger partial charge in [0.05, 0.1) is 0 Å². The highest BCUT2D eigenvalue weighted by Crippen LogP contribution is 2.36. The summed E-state index contributed by atoms with van der Waals surface area (Å²) in [4.78, 5) is 0. The molecule has 60 valence electrons. The fraction of sp³-hybridized carbons (Fsp3) is 0.667. The number of rotatable bonds is 1. The van der Waals surface area contributed by atoms with Gasteiger partial charge in [-0.3, -0.25) is 0 Å². The third kappa shape index (κ3) is 1.23. The van der Waals surface area contributed by atoms with Crippen molar-refractivity contribution in [3.8, 4) is 0 Å². The molecule has 0 radical (unpaired) electrons. The second-order valence-electron chi connectivity index (χ2n) is 2.99. The molecule has 0 aromatic heterocycles. The molecule has 1 fully saturated rings. The van der Waals surface area contributed by atoms with Gasteiger partial charge >= 0.3 is 0 Å². The zero-order valence-electron chi connectivity index (χ0n) is 6.09. The molecule has 1 aliphatic carbocycles. The summed E-state index contributed by atoms with van der Waals surface area (Å²) in [6, 6.07) is 0.554. The predicted octanol–water partition coefficient (Wildman–Crippen LogP) is 1.87. The number of halogens is 2. The van der Waals surface area contributed by atoms with Crippen LogP contribution in [0.15, 0.2) is 10.2 Å². The zero-order valence-corrected chi connectivity index (χ0v) is 8.43. The summed E-state index contributed by atoms with van der Waals surface area (Å²) in [5.41, 5.74) is 0. The molecule has 5 heteroatoms. The fourth-order valence-corrected chi connectivity index (χ4v) is 1.78. The lowest BCUT2D eigenvalue weighted by atomic mass is 10.7. The first kappa shape index (κ1) is 7.71. The maximum Gasteiger partial charge on any atom is 0.225 e. The van der Waals surface area contributed by atoms with Crippen molar-refractivity contribution in [2.24, 2.45) is 10.2 Å². The summed E-state index contributed by atoms with van der Waals surface area (Å²) in [7, 11) is 1.97. The minimum atomic E-state index is 0.388. The van der Waals surface area contributed by atoms with Gasteiger partial charge in [-0.25, -0.2) is 0 Å². The van der Waals surface area contributed by atoms with Gasteiger partial charge in [0.1, 0.15) is 13.1 Å². The fourth-order valence-electron chi connectivity index (χ4n) is 1.19. The average Bonchev–Trinajstić information content (AvgIpc) is 2.64. The average molecular weight is 238 g/mol. The maximum absolute atomic E-state index is 5.78. The Morgan fingerprint density at radius 3 is 2.55 bits per heavy atom. The van der Waals surface area contributed by atoms with Crippen LogP contribution in [0.2, 0.25) is 0 Å². The molecule has 11 heavy (non-hydrogen) atoms. The molecule has 1 atom stereocenters. The van der Waals surface area contributed by atoms with Gasteiger partial charge in [-0.15, -0.1) is 0 Å². The second-order valence-corrected chi connectivity index (χ2v) is 4.10. The Balaban J connectivity index is 2.30. The minimum Gasteiger partial charge on any atom is -0.0750 e. The summed E-state index contributed by atoms with van der Waals surface area (Å²) < 4.78 is 1.06. The van der Waals surface area contributed by atoms with Crippen LogP contribution in [0.5, 0.6) is 0 Å². The van der Waals surface area contributed by atoms with Crippen LogP contribution in [0.1, 0.15) is 12.8 Å². The van der Waals surface area contributed by atoms with Gasteiger partial charge in [0, 0.05) is 12.8 Å². The van der Waals surface area contributed by atoms with Gasteiger partial charge in [-0.05, 0) is 26.1 Å². The molecule has 1 unspecified atom stereocenters. The van der Waals surface area contributed by atoms with E-state index in [0.717, 1.165) is 0 Å². The lowest BCUT2D eigenvalue weighted by molar-refractivity contribution is -0.930. The van der Waals surface area contributed by atoms with Crippen LogP contribution in [-0.4, -0.2) is 27.6 Å². The van der Waals surface area contributed by atoms with E-state index in [0.29, 0.717) is 20.5 Å². The summed E-state index contributed by atoms with van der Waals surface area (Å²) in [5, 5.41) is 9.02. The first-order chi connectivity index (χ1) is 5.12. The van der Waals surface area contributed by atoms with Crippen molar-refractivity contribution in [2.45, 2.75) is 18.9 Å². The third-order valence-electron chi connectivity index (χ3n) is 1.99. The Hall–Kier alpha value is 0.0700. The zero-order chi connectivity index (χ0) is 8.06. The van der Waals surface area contributed by atoms with E-state index in [4.69, 9.17) is 11.6 Å². The van der Waals surface area contributed by atoms with E-state index in [1.165, 1.54) is 12.8 Å². The Bertz CT molecular complexity index is 239. The van der Waals surface area contributed by atoms with Crippen LogP contribution in [0.3, 0.4) is 0 Å². The Kier molecular flexibility index (Phi) is 1.60. The van der Waals surface area contributed by atoms with E-state index in [9.17, 15) is 0 Å². The van der Waals surface area contributed by atoms with Crippen molar-refractivity contribution in [3.05, 3.63) is 0 Å². The summed E-state index contributed by atoms with van der Waals surface area (Å²) in [6.45, 7) is 0. The van der Waals surface area contributed by atoms with Gasteiger partial charge in [0.2, 0.25) is 9.79 Å². The monoisotopic (exact) mass is 236 g/mol. The second kappa shape index (κ2) is 2.28. The molecule has 0 spiro atoms. The highest BCUT2D eigenvalue weighted by atomic mass is 79.9. The van der Waals surface area contributed by atoms with Crippen molar-refractivity contribution in [2.75, 3.05) is 7.05 Å². The van der Waals surface area contributed by atoms with Crippen LogP contribution in [0.25, 0.3) is 0 Å². The molecule has 0 aromatic rings. The number of hydrogen-bond acceptors (Lipinski definition) is 2. The van der Waals surface area contributed by atoms with Crippen LogP contribution >= 0.6 is 27.5 Å². The van der Waals surface area contributed by atoms with Crippen LogP contribution in [0, 0.1) is 0 Å². The molecular formula is C6H8BrClN3+. The van der Waals surface area contributed by atoms with Gasteiger partial charge in [0.15, 0.2) is 0 Å². The molecule has 0 bridgehead atoms. The van der Waals surface area contributed by atoms with E-state index in [1.807, 2.05) is 7.05 Å². The van der Waals surface area contributed by atoms with E-state index < -0.39 is 0 Å². The van der Waals surface area contributed by atoms with E-state index >= 15 is 0 Å². The van der Waals surface area contributed by atoms with Gasteiger partial charge in [0.25, 0.3) is 0 Å². The van der Waals surface area contributed by atoms with Crippen LogP contribution < -0.4 is 0 Å². The minimum absolute atomic E-state index is 0.388. The van der Waals surface area contributed by atoms with Crippen molar-refractivity contribution < 1.29 is 4.70 Å². The Morgan fingerprint density at radius 1 is 1.55 bits per heavy atom. The highest BCUT2D eigenvalue weighted by Gasteiger charge is 2.47. The molecule has 1 saturated carbocycles. The Morgan fingerprint density at radius 2 is 2.18 bits per heavy atom. The Labute approximate surface area is 78.4 Å². The number of hydrogen-bond donors (Lipinski definition) is 0. The molecule has 0 saturated heterocycles. The quantitative estimate of drug-likeness (QED) is 0.622. The summed E-state index contributed by atoms with van der Waals surface area (Å²) >= 11 is 9.02. The van der Waals surface area contributed by atoms with Crippen molar-refractivity contribution in [1.29, 1.82) is 0 Å². The predicted molar refractivity (Wildman–Crippen MR) is 48.9 cm³/mol. The number of nitrogens with zero attached hydrogens (tertiary/aromatic N) is 3. The van der Waals surface area contributed by atoms with Gasteiger partial charge in [-0.1, -0.05) is 16.3 Å². The molecule has 0 N–H and O–H groups in total. The van der Waals surface area contributed by atoms with Crippen LogP contribution in [0.4, 0.5) is 0 Å². The van der Waals surface area contributed by atoms with E-state index in [1.54, 1.807) is 0 Å². The molecule has 2 aliphatic rings. The van der Waals surface area contributed by atoms with Crippen molar-refractivity contribution in [3.63, 3.8) is 0 Å². The third-order valence-corrected chi connectivity index (χ3v) is 3.01. The van der Waals surface area contributed by atoms with Crippen LogP contribution in [-0.2, 0) is 0 Å². The highest BCUT2D eigenvalue weighted by molar-refractivity contribution is 9.19. The largest absolute Gasteiger partial charge is 0.225 e. The normalized spacial score (nSPS) is 37.0. The smallest absolute Gasteiger partial charge is 0.0750 e. The molecular weight excluding hydrogens is 229 g/mol. The molecule has 2 rings (SSSR count). The molecule has 1 heterocycles. The van der Waals surface area contributed by atoms with E-state index in [-0.39, 0.29) is 0 Å². The lowest BCUT2D eigenvalue weighted by Gasteiger charge is -2.15. The summed E-state index contributed by atoms with van der Waals surface area (Å²) in [5.74, 6) is 0.